The van der Waals surface area contributed by atoms with Gasteiger partial charge >= 0.3 is 0 Å². The van der Waals surface area contributed by atoms with Crippen LogP contribution in [0.5, 0.6) is 0 Å². The van der Waals surface area contributed by atoms with Gasteiger partial charge in [-0.1, -0.05) is 66.0 Å². The zero-order valence-corrected chi connectivity index (χ0v) is 12.6. The Hall–Kier alpha value is -0.260. The number of allylic oxidation sites excluding steroid dienone is 2. The summed E-state index contributed by atoms with van der Waals surface area (Å²) in [6.45, 7) is 16.3. The molecule has 0 fully saturated rings. The predicted molar refractivity (Wildman–Crippen MR) is 75.7 cm³/mol. The van der Waals surface area contributed by atoms with Crippen LogP contribution in [-0.4, -0.2) is 0 Å². The number of hydrogen-bond donors (Lipinski definition) is 0. The highest BCUT2D eigenvalue weighted by Gasteiger charge is 2.29. The molecule has 0 nitrogen and oxygen atoms in total. The highest BCUT2D eigenvalue weighted by molar-refractivity contribution is 5.14. The van der Waals surface area contributed by atoms with Crippen molar-refractivity contribution in [2.75, 3.05) is 0 Å². The second-order valence-electron chi connectivity index (χ2n) is 5.91. The Morgan fingerprint density at radius 2 is 1.75 bits per heavy atom. The zero-order chi connectivity index (χ0) is 12.8. The molecule has 0 spiro atoms. The third-order valence-corrected chi connectivity index (χ3v) is 3.99. The molecule has 0 aromatic heterocycles. The largest absolute Gasteiger partial charge is 0.0876 e. The summed E-state index contributed by atoms with van der Waals surface area (Å²) in [7, 11) is 0. The molecule has 0 bridgehead atoms. The standard InChI is InChI=1S/C16H32/c1-8-11-14(6)12-16(7,10-3)15(9-2)13(4)5/h9,13-14H,8,10-12H2,1-7H3. The van der Waals surface area contributed by atoms with Crippen LogP contribution in [0.2, 0.25) is 0 Å². The SMILES string of the molecule is CC=C(C(C)C)C(C)(CC)CC(C)CCC. The van der Waals surface area contributed by atoms with E-state index in [4.69, 9.17) is 0 Å². The van der Waals surface area contributed by atoms with E-state index in [1.54, 1.807) is 5.57 Å². The molecule has 0 heteroatoms. The lowest BCUT2D eigenvalue weighted by Gasteiger charge is -2.36. The van der Waals surface area contributed by atoms with E-state index in [-0.39, 0.29) is 0 Å². The van der Waals surface area contributed by atoms with Gasteiger partial charge in [-0.2, -0.15) is 0 Å². The van der Waals surface area contributed by atoms with Gasteiger partial charge in [-0.05, 0) is 37.0 Å². The van der Waals surface area contributed by atoms with Gasteiger partial charge in [-0.3, -0.25) is 0 Å². The quantitative estimate of drug-likeness (QED) is 0.477. The highest BCUT2D eigenvalue weighted by Crippen LogP contribution is 2.41. The van der Waals surface area contributed by atoms with Gasteiger partial charge in [0.05, 0.1) is 0 Å². The van der Waals surface area contributed by atoms with E-state index in [0.717, 1.165) is 5.92 Å². The molecule has 0 radical (unpaired) electrons. The van der Waals surface area contributed by atoms with Crippen molar-refractivity contribution in [3.05, 3.63) is 11.6 Å². The fourth-order valence-electron chi connectivity index (χ4n) is 3.21. The maximum absolute atomic E-state index is 2.45. The first-order chi connectivity index (χ1) is 7.41. The van der Waals surface area contributed by atoms with E-state index in [1.165, 1.54) is 25.7 Å². The van der Waals surface area contributed by atoms with Gasteiger partial charge < -0.3 is 0 Å². The Balaban J connectivity index is 4.76. The smallest absolute Gasteiger partial charge is 0.0114 e. The van der Waals surface area contributed by atoms with Gasteiger partial charge in [0.1, 0.15) is 0 Å². The second-order valence-corrected chi connectivity index (χ2v) is 5.91. The Labute approximate surface area is 104 Å². The van der Waals surface area contributed by atoms with Crippen LogP contribution in [0.4, 0.5) is 0 Å². The summed E-state index contributed by atoms with van der Waals surface area (Å²) >= 11 is 0. The molecule has 0 heterocycles. The fraction of sp³-hybridized carbons (Fsp3) is 0.875. The third kappa shape index (κ3) is 4.31. The summed E-state index contributed by atoms with van der Waals surface area (Å²) in [6.07, 6.45) is 7.64. The topological polar surface area (TPSA) is 0 Å². The molecule has 0 aromatic carbocycles. The fourth-order valence-corrected chi connectivity index (χ4v) is 3.21. The molecule has 0 aliphatic heterocycles. The van der Waals surface area contributed by atoms with Crippen molar-refractivity contribution in [1.82, 2.24) is 0 Å². The second kappa shape index (κ2) is 7.14. The highest BCUT2D eigenvalue weighted by atomic mass is 14.3. The molecule has 0 N–H and O–H groups in total. The van der Waals surface area contributed by atoms with E-state index >= 15 is 0 Å². The lowest BCUT2D eigenvalue weighted by Crippen LogP contribution is -2.24. The normalized spacial score (nSPS) is 18.6. The van der Waals surface area contributed by atoms with Gasteiger partial charge in [0.2, 0.25) is 0 Å². The monoisotopic (exact) mass is 224 g/mol. The van der Waals surface area contributed by atoms with Gasteiger partial charge in [0, 0.05) is 0 Å². The van der Waals surface area contributed by atoms with Crippen LogP contribution in [-0.2, 0) is 0 Å². The Kier molecular flexibility index (Phi) is 7.03. The molecule has 0 aliphatic carbocycles. The van der Waals surface area contributed by atoms with E-state index in [0.29, 0.717) is 11.3 Å². The van der Waals surface area contributed by atoms with Crippen LogP contribution >= 0.6 is 0 Å². The predicted octanol–water partition coefficient (Wildman–Crippen LogP) is 5.83. The minimum atomic E-state index is 0.414. The van der Waals surface area contributed by atoms with Crippen molar-refractivity contribution >= 4 is 0 Å². The molecule has 0 aliphatic rings. The molecule has 0 amide bonds. The molecule has 2 atom stereocenters. The molecular formula is C16H32. The third-order valence-electron chi connectivity index (χ3n) is 3.99. The number of hydrogen-bond acceptors (Lipinski definition) is 0. The molecule has 0 saturated carbocycles. The van der Waals surface area contributed by atoms with Crippen molar-refractivity contribution in [1.29, 1.82) is 0 Å². The van der Waals surface area contributed by atoms with E-state index in [2.05, 4.69) is 54.5 Å². The van der Waals surface area contributed by atoms with Gasteiger partial charge in [0.15, 0.2) is 0 Å². The van der Waals surface area contributed by atoms with Crippen molar-refractivity contribution in [3.8, 4) is 0 Å². The maximum Gasteiger partial charge on any atom is -0.0114 e. The molecular weight excluding hydrogens is 192 g/mol. The summed E-state index contributed by atoms with van der Waals surface area (Å²) in [5, 5.41) is 0. The number of rotatable bonds is 7. The van der Waals surface area contributed by atoms with E-state index < -0.39 is 0 Å². The first kappa shape index (κ1) is 15.7. The van der Waals surface area contributed by atoms with Crippen LogP contribution < -0.4 is 0 Å². The summed E-state index contributed by atoms with van der Waals surface area (Å²) < 4.78 is 0. The summed E-state index contributed by atoms with van der Waals surface area (Å²) in [6, 6.07) is 0. The van der Waals surface area contributed by atoms with E-state index in [1.807, 2.05) is 0 Å². The van der Waals surface area contributed by atoms with Crippen LogP contribution in [0.1, 0.15) is 74.1 Å². The molecule has 2 unspecified atom stereocenters. The summed E-state index contributed by atoms with van der Waals surface area (Å²) in [5.41, 5.74) is 2.07. The lowest BCUT2D eigenvalue weighted by molar-refractivity contribution is 0.262. The van der Waals surface area contributed by atoms with Crippen molar-refractivity contribution in [2.45, 2.75) is 74.1 Å². The van der Waals surface area contributed by atoms with Gasteiger partial charge in [-0.15, -0.1) is 0 Å². The zero-order valence-electron chi connectivity index (χ0n) is 12.6. The van der Waals surface area contributed by atoms with Crippen LogP contribution in [0, 0.1) is 17.3 Å². The average molecular weight is 224 g/mol. The molecule has 16 heavy (non-hydrogen) atoms. The Bertz CT molecular complexity index is 212. The minimum absolute atomic E-state index is 0.414. The lowest BCUT2D eigenvalue weighted by atomic mass is 9.69. The van der Waals surface area contributed by atoms with E-state index in [9.17, 15) is 0 Å². The van der Waals surface area contributed by atoms with Gasteiger partial charge in [-0.25, -0.2) is 0 Å². The van der Waals surface area contributed by atoms with Crippen LogP contribution in [0.15, 0.2) is 11.6 Å². The Morgan fingerprint density at radius 1 is 1.19 bits per heavy atom. The first-order valence-electron chi connectivity index (χ1n) is 7.07. The molecule has 0 rings (SSSR count). The summed E-state index contributed by atoms with van der Waals surface area (Å²) in [5.74, 6) is 1.53. The van der Waals surface area contributed by atoms with Gasteiger partial charge in [0.25, 0.3) is 0 Å². The molecule has 0 aromatic rings. The van der Waals surface area contributed by atoms with Crippen LogP contribution in [0.3, 0.4) is 0 Å². The Morgan fingerprint density at radius 3 is 2.06 bits per heavy atom. The van der Waals surface area contributed by atoms with Crippen LogP contribution in [0.25, 0.3) is 0 Å². The first-order valence-corrected chi connectivity index (χ1v) is 7.07. The average Bonchev–Trinajstić information content (AvgIpc) is 2.18. The molecule has 0 saturated heterocycles. The van der Waals surface area contributed by atoms with Crippen molar-refractivity contribution in [2.24, 2.45) is 17.3 Å². The summed E-state index contributed by atoms with van der Waals surface area (Å²) in [4.78, 5) is 0. The van der Waals surface area contributed by atoms with Crippen molar-refractivity contribution < 1.29 is 0 Å². The molecule has 96 valence electrons. The minimum Gasteiger partial charge on any atom is -0.0876 e. The maximum atomic E-state index is 2.45. The van der Waals surface area contributed by atoms with Crippen molar-refractivity contribution in [3.63, 3.8) is 0 Å².